The molecule has 2 aromatic rings. The molecule has 1 fully saturated rings. The van der Waals surface area contributed by atoms with E-state index in [0.717, 1.165) is 49.9 Å². The molecule has 2 heterocycles. The summed E-state index contributed by atoms with van der Waals surface area (Å²) in [6.45, 7) is 7.57. The SMILES string of the molecule is Cc1ccc(NC(=O)Nc2cccc3c2CCN(CC2CCNCC2)C3)cc1.Cl. The van der Waals surface area contributed by atoms with Gasteiger partial charge in [-0.1, -0.05) is 29.8 Å². The minimum atomic E-state index is -0.186. The van der Waals surface area contributed by atoms with Crippen molar-refractivity contribution >= 4 is 29.8 Å². The number of carbonyl (C=O) groups excluding carboxylic acids is 1. The van der Waals surface area contributed by atoms with E-state index in [9.17, 15) is 4.79 Å². The van der Waals surface area contributed by atoms with Crippen molar-refractivity contribution in [2.75, 3.05) is 36.8 Å². The van der Waals surface area contributed by atoms with Crippen molar-refractivity contribution in [2.45, 2.75) is 32.7 Å². The van der Waals surface area contributed by atoms with Crippen molar-refractivity contribution in [2.24, 2.45) is 5.92 Å². The fourth-order valence-electron chi connectivity index (χ4n) is 4.29. The number of fused-ring (bicyclic) bond motifs is 1. The lowest BCUT2D eigenvalue weighted by atomic mass is 9.94. The molecule has 0 aromatic heterocycles. The molecular formula is C23H31ClN4O. The summed E-state index contributed by atoms with van der Waals surface area (Å²) in [5, 5.41) is 9.42. The van der Waals surface area contributed by atoms with Crippen molar-refractivity contribution in [3.8, 4) is 0 Å². The number of nitrogens with one attached hydrogen (secondary N) is 3. The van der Waals surface area contributed by atoms with E-state index in [1.54, 1.807) is 0 Å². The fraction of sp³-hybridized carbons (Fsp3) is 0.435. The molecule has 2 aliphatic heterocycles. The lowest BCUT2D eigenvalue weighted by Crippen LogP contribution is -2.38. The van der Waals surface area contributed by atoms with E-state index in [1.165, 1.54) is 36.1 Å². The number of hydrogen-bond acceptors (Lipinski definition) is 3. The van der Waals surface area contributed by atoms with Crippen molar-refractivity contribution in [1.82, 2.24) is 10.2 Å². The highest BCUT2D eigenvalue weighted by Gasteiger charge is 2.23. The van der Waals surface area contributed by atoms with Crippen molar-refractivity contribution in [3.05, 3.63) is 59.2 Å². The van der Waals surface area contributed by atoms with Gasteiger partial charge in [-0.05, 0) is 74.5 Å². The highest BCUT2D eigenvalue weighted by molar-refractivity contribution is 6.00. The van der Waals surface area contributed by atoms with Crippen LogP contribution in [0.3, 0.4) is 0 Å². The molecular weight excluding hydrogens is 384 g/mol. The maximum Gasteiger partial charge on any atom is 0.323 e. The summed E-state index contributed by atoms with van der Waals surface area (Å²) in [7, 11) is 0. The van der Waals surface area contributed by atoms with Gasteiger partial charge in [-0.25, -0.2) is 4.79 Å². The summed E-state index contributed by atoms with van der Waals surface area (Å²) >= 11 is 0. The maximum atomic E-state index is 12.4. The van der Waals surface area contributed by atoms with Crippen LogP contribution in [0.25, 0.3) is 0 Å². The third-order valence-electron chi connectivity index (χ3n) is 5.88. The zero-order valence-corrected chi connectivity index (χ0v) is 17.9. The van der Waals surface area contributed by atoms with Crippen LogP contribution < -0.4 is 16.0 Å². The molecule has 2 amide bonds. The first kappa shape index (κ1) is 21.6. The Bertz CT molecular complexity index is 818. The molecule has 2 aromatic carbocycles. The predicted molar refractivity (Wildman–Crippen MR) is 122 cm³/mol. The van der Waals surface area contributed by atoms with E-state index in [2.05, 4.69) is 26.9 Å². The molecule has 6 heteroatoms. The highest BCUT2D eigenvalue weighted by Crippen LogP contribution is 2.27. The zero-order chi connectivity index (χ0) is 19.3. The van der Waals surface area contributed by atoms with Crippen LogP contribution in [0.1, 0.15) is 29.5 Å². The summed E-state index contributed by atoms with van der Waals surface area (Å²) in [5.74, 6) is 0.810. The Morgan fingerprint density at radius 3 is 2.62 bits per heavy atom. The van der Waals surface area contributed by atoms with E-state index in [-0.39, 0.29) is 18.4 Å². The number of amides is 2. The standard InChI is InChI=1S/C23H30N4O.ClH/c1-17-5-7-20(8-6-17)25-23(28)26-22-4-2-3-19-16-27(14-11-21(19)22)15-18-9-12-24-13-10-18;/h2-8,18,24H,9-16H2,1H3,(H2,25,26,28);1H. The maximum absolute atomic E-state index is 12.4. The Morgan fingerprint density at radius 2 is 1.86 bits per heavy atom. The van der Waals surface area contributed by atoms with E-state index >= 15 is 0 Å². The van der Waals surface area contributed by atoms with Crippen LogP contribution >= 0.6 is 12.4 Å². The van der Waals surface area contributed by atoms with E-state index < -0.39 is 0 Å². The van der Waals surface area contributed by atoms with Crippen LogP contribution in [-0.4, -0.2) is 37.1 Å². The summed E-state index contributed by atoms with van der Waals surface area (Å²) in [4.78, 5) is 15.0. The van der Waals surface area contributed by atoms with Gasteiger partial charge < -0.3 is 16.0 Å². The van der Waals surface area contributed by atoms with Crippen LogP contribution in [0.4, 0.5) is 16.2 Å². The van der Waals surface area contributed by atoms with Gasteiger partial charge in [0.05, 0.1) is 0 Å². The Hall–Kier alpha value is -2.08. The molecule has 0 atom stereocenters. The summed E-state index contributed by atoms with van der Waals surface area (Å²) in [6.07, 6.45) is 3.55. The van der Waals surface area contributed by atoms with Gasteiger partial charge in [0, 0.05) is 31.0 Å². The summed E-state index contributed by atoms with van der Waals surface area (Å²) in [5.41, 5.74) is 5.54. The van der Waals surface area contributed by atoms with Gasteiger partial charge in [-0.15, -0.1) is 12.4 Å². The molecule has 156 valence electrons. The van der Waals surface area contributed by atoms with Crippen molar-refractivity contribution < 1.29 is 4.79 Å². The Morgan fingerprint density at radius 1 is 1.10 bits per heavy atom. The second-order valence-electron chi connectivity index (χ2n) is 8.07. The van der Waals surface area contributed by atoms with Gasteiger partial charge in [-0.3, -0.25) is 4.90 Å². The number of rotatable bonds is 4. The lowest BCUT2D eigenvalue weighted by molar-refractivity contribution is 0.191. The molecule has 0 radical (unpaired) electrons. The largest absolute Gasteiger partial charge is 0.323 e. The molecule has 5 nitrogen and oxygen atoms in total. The number of hydrogen-bond donors (Lipinski definition) is 3. The van der Waals surface area contributed by atoms with Crippen LogP contribution in [0.2, 0.25) is 0 Å². The molecule has 0 unspecified atom stereocenters. The lowest BCUT2D eigenvalue weighted by Gasteiger charge is -2.34. The van der Waals surface area contributed by atoms with Crippen LogP contribution in [0.5, 0.6) is 0 Å². The summed E-state index contributed by atoms with van der Waals surface area (Å²) < 4.78 is 0. The second kappa shape index (κ2) is 10.1. The van der Waals surface area contributed by atoms with Gasteiger partial charge in [0.2, 0.25) is 0 Å². The van der Waals surface area contributed by atoms with Crippen LogP contribution in [-0.2, 0) is 13.0 Å². The normalized spacial score (nSPS) is 17.1. The van der Waals surface area contributed by atoms with E-state index in [1.807, 2.05) is 43.3 Å². The quantitative estimate of drug-likeness (QED) is 0.694. The number of aryl methyl sites for hydroxylation is 1. The van der Waals surface area contributed by atoms with Crippen LogP contribution in [0, 0.1) is 12.8 Å². The van der Waals surface area contributed by atoms with Crippen LogP contribution in [0.15, 0.2) is 42.5 Å². The third kappa shape index (κ3) is 5.72. The Labute approximate surface area is 179 Å². The highest BCUT2D eigenvalue weighted by atomic mass is 35.5. The van der Waals surface area contributed by atoms with Gasteiger partial charge in [0.15, 0.2) is 0 Å². The summed E-state index contributed by atoms with van der Waals surface area (Å²) in [6, 6.07) is 13.9. The molecule has 0 aliphatic carbocycles. The molecule has 1 saturated heterocycles. The average Bonchev–Trinajstić information content (AvgIpc) is 2.70. The number of anilines is 2. The minimum Gasteiger partial charge on any atom is -0.317 e. The first-order valence-electron chi connectivity index (χ1n) is 10.4. The Kier molecular flexibility index (Phi) is 7.53. The Balaban J connectivity index is 0.00000240. The topological polar surface area (TPSA) is 56.4 Å². The third-order valence-corrected chi connectivity index (χ3v) is 5.88. The number of benzene rings is 2. The monoisotopic (exact) mass is 414 g/mol. The van der Waals surface area contributed by atoms with E-state index in [4.69, 9.17) is 0 Å². The first-order chi connectivity index (χ1) is 13.7. The number of carbonyl (C=O) groups is 1. The molecule has 0 bridgehead atoms. The fourth-order valence-corrected chi connectivity index (χ4v) is 4.29. The molecule has 0 spiro atoms. The molecule has 2 aliphatic rings. The second-order valence-corrected chi connectivity index (χ2v) is 8.07. The van der Waals surface area contributed by atoms with E-state index in [0.29, 0.717) is 0 Å². The number of urea groups is 1. The van der Waals surface area contributed by atoms with Gasteiger partial charge in [0.25, 0.3) is 0 Å². The molecule has 29 heavy (non-hydrogen) atoms. The average molecular weight is 415 g/mol. The minimum absolute atomic E-state index is 0. The molecule has 0 saturated carbocycles. The van der Waals surface area contributed by atoms with Gasteiger partial charge >= 0.3 is 6.03 Å². The smallest absolute Gasteiger partial charge is 0.317 e. The van der Waals surface area contributed by atoms with Gasteiger partial charge in [0.1, 0.15) is 0 Å². The first-order valence-corrected chi connectivity index (χ1v) is 10.4. The number of piperidine rings is 1. The predicted octanol–water partition coefficient (Wildman–Crippen LogP) is 4.42. The number of nitrogens with zero attached hydrogens (tertiary/aromatic N) is 1. The van der Waals surface area contributed by atoms with Crippen molar-refractivity contribution in [3.63, 3.8) is 0 Å². The van der Waals surface area contributed by atoms with Crippen molar-refractivity contribution in [1.29, 1.82) is 0 Å². The molecule has 3 N–H and O–H groups in total. The molecule has 4 rings (SSSR count). The number of halogens is 1. The van der Waals surface area contributed by atoms with Gasteiger partial charge in [-0.2, -0.15) is 0 Å². The zero-order valence-electron chi connectivity index (χ0n) is 17.0.